The van der Waals surface area contributed by atoms with Gasteiger partial charge in [-0.05, 0) is 55.8 Å². The van der Waals surface area contributed by atoms with Gasteiger partial charge in [0.2, 0.25) is 0 Å². The molecule has 0 radical (unpaired) electrons. The van der Waals surface area contributed by atoms with Gasteiger partial charge in [0.15, 0.2) is 5.65 Å². The van der Waals surface area contributed by atoms with Gasteiger partial charge in [-0.25, -0.2) is 9.67 Å². The second-order valence-corrected chi connectivity index (χ2v) is 9.88. The van der Waals surface area contributed by atoms with Crippen molar-refractivity contribution in [3.05, 3.63) is 65.2 Å². The predicted octanol–water partition coefficient (Wildman–Crippen LogP) is 5.61. The van der Waals surface area contributed by atoms with E-state index in [1.54, 1.807) is 17.5 Å². The maximum atomic E-state index is 13.7. The van der Waals surface area contributed by atoms with Crippen LogP contribution in [0.2, 0.25) is 0 Å². The van der Waals surface area contributed by atoms with Gasteiger partial charge >= 0.3 is 0 Å². The molecule has 1 aromatic carbocycles. The molecule has 33 heavy (non-hydrogen) atoms. The number of carbonyl (C=O) groups excluding carboxylic acids is 1. The summed E-state index contributed by atoms with van der Waals surface area (Å²) in [6.45, 7) is 6.88. The first kappa shape index (κ1) is 21.6. The number of rotatable bonds is 6. The molecule has 1 amide bonds. The van der Waals surface area contributed by atoms with Gasteiger partial charge in [-0.3, -0.25) is 4.79 Å². The van der Waals surface area contributed by atoms with Crippen LogP contribution in [0.4, 0.5) is 5.69 Å². The summed E-state index contributed by atoms with van der Waals surface area (Å²) in [5.74, 6) is -0.0141. The van der Waals surface area contributed by atoms with Gasteiger partial charge in [0.1, 0.15) is 0 Å². The Morgan fingerprint density at radius 1 is 1.15 bits per heavy atom. The second-order valence-electron chi connectivity index (χ2n) is 8.94. The molecule has 3 aromatic heterocycles. The summed E-state index contributed by atoms with van der Waals surface area (Å²) >= 11 is 1.63. The first-order chi connectivity index (χ1) is 16.0. The van der Waals surface area contributed by atoms with E-state index in [1.807, 2.05) is 40.2 Å². The van der Waals surface area contributed by atoms with Crippen molar-refractivity contribution in [2.75, 3.05) is 25.0 Å². The summed E-state index contributed by atoms with van der Waals surface area (Å²) in [7, 11) is 1.88. The fourth-order valence-electron chi connectivity index (χ4n) is 4.57. The Kier molecular flexibility index (Phi) is 5.89. The lowest BCUT2D eigenvalue weighted by molar-refractivity contribution is 0.0787. The standard InChI is InChI=1S/C26H29N5OS/c1-18(2)31-25-21(16-27-31)20(15-22(28-25)24-11-8-14-33-24)26(32)29(3)17-19-9-4-5-10-23(19)30-12-6-7-13-30/h4-5,8-11,14-16,18H,6-7,12-13,17H2,1-3H3. The normalized spacial score (nSPS) is 13.9. The van der Waals surface area contributed by atoms with E-state index < -0.39 is 0 Å². The summed E-state index contributed by atoms with van der Waals surface area (Å²) in [5, 5.41) is 7.38. The summed E-state index contributed by atoms with van der Waals surface area (Å²) in [6, 6.07) is 14.6. The average molecular weight is 460 g/mol. The van der Waals surface area contributed by atoms with Gasteiger partial charge in [0.25, 0.3) is 5.91 Å². The molecular weight excluding hydrogens is 430 g/mol. The third-order valence-electron chi connectivity index (χ3n) is 6.25. The van der Waals surface area contributed by atoms with Crippen molar-refractivity contribution in [1.82, 2.24) is 19.7 Å². The number of carbonyl (C=O) groups is 1. The molecule has 170 valence electrons. The van der Waals surface area contributed by atoms with Gasteiger partial charge in [-0.15, -0.1) is 11.3 Å². The van der Waals surface area contributed by atoms with Crippen molar-refractivity contribution in [2.45, 2.75) is 39.3 Å². The highest BCUT2D eigenvalue weighted by atomic mass is 32.1. The highest BCUT2D eigenvalue weighted by molar-refractivity contribution is 7.13. The first-order valence-electron chi connectivity index (χ1n) is 11.5. The monoisotopic (exact) mass is 459 g/mol. The average Bonchev–Trinajstić information content (AvgIpc) is 3.59. The van der Waals surface area contributed by atoms with Crippen LogP contribution < -0.4 is 4.90 Å². The summed E-state index contributed by atoms with van der Waals surface area (Å²) < 4.78 is 1.89. The summed E-state index contributed by atoms with van der Waals surface area (Å²) in [4.78, 5) is 23.9. The molecule has 0 unspecified atom stereocenters. The maximum Gasteiger partial charge on any atom is 0.254 e. The van der Waals surface area contributed by atoms with Crippen LogP contribution in [0, 0.1) is 0 Å². The van der Waals surface area contributed by atoms with Crippen LogP contribution >= 0.6 is 11.3 Å². The topological polar surface area (TPSA) is 54.3 Å². The van der Waals surface area contributed by atoms with Crippen molar-refractivity contribution in [3.8, 4) is 10.6 Å². The van der Waals surface area contributed by atoms with E-state index in [0.717, 1.165) is 34.7 Å². The van der Waals surface area contributed by atoms with Crippen LogP contribution in [-0.2, 0) is 6.54 Å². The molecule has 1 saturated heterocycles. The number of benzene rings is 1. The van der Waals surface area contributed by atoms with Crippen LogP contribution in [0.25, 0.3) is 21.6 Å². The number of thiophene rings is 1. The van der Waals surface area contributed by atoms with Crippen molar-refractivity contribution < 1.29 is 4.79 Å². The Labute approximate surface area is 198 Å². The SMILES string of the molecule is CC(C)n1ncc2c(C(=O)N(C)Cc3ccccc3N3CCCC3)cc(-c3cccs3)nc21. The molecule has 0 atom stereocenters. The zero-order valence-electron chi connectivity index (χ0n) is 19.4. The smallest absolute Gasteiger partial charge is 0.254 e. The van der Waals surface area contributed by atoms with Gasteiger partial charge in [0, 0.05) is 38.4 Å². The van der Waals surface area contributed by atoms with Crippen molar-refractivity contribution in [2.24, 2.45) is 0 Å². The van der Waals surface area contributed by atoms with Crippen LogP contribution in [0.5, 0.6) is 0 Å². The minimum absolute atomic E-state index is 0.0141. The van der Waals surface area contributed by atoms with E-state index in [1.165, 1.54) is 24.1 Å². The molecule has 0 spiro atoms. The molecule has 7 heteroatoms. The zero-order chi connectivity index (χ0) is 22.9. The van der Waals surface area contributed by atoms with E-state index in [-0.39, 0.29) is 11.9 Å². The molecule has 0 bridgehead atoms. The molecule has 1 aliphatic heterocycles. The van der Waals surface area contributed by atoms with Crippen LogP contribution in [0.3, 0.4) is 0 Å². The van der Waals surface area contributed by atoms with E-state index in [4.69, 9.17) is 4.98 Å². The Bertz CT molecular complexity index is 1270. The summed E-state index contributed by atoms with van der Waals surface area (Å²) in [5.41, 5.74) is 4.63. The van der Waals surface area contributed by atoms with E-state index in [2.05, 4.69) is 48.1 Å². The van der Waals surface area contributed by atoms with Gasteiger partial charge in [-0.2, -0.15) is 5.10 Å². The van der Waals surface area contributed by atoms with Gasteiger partial charge in [0.05, 0.1) is 27.7 Å². The number of fused-ring (bicyclic) bond motifs is 1. The Morgan fingerprint density at radius 3 is 2.67 bits per heavy atom. The summed E-state index contributed by atoms with van der Waals surface area (Å²) in [6.07, 6.45) is 4.23. The number of aromatic nitrogens is 3. The molecule has 1 fully saturated rings. The molecule has 4 aromatic rings. The van der Waals surface area contributed by atoms with Gasteiger partial charge < -0.3 is 9.80 Å². The molecular formula is C26H29N5OS. The Balaban J connectivity index is 1.52. The maximum absolute atomic E-state index is 13.7. The number of amides is 1. The molecule has 6 nitrogen and oxygen atoms in total. The minimum atomic E-state index is -0.0141. The number of hydrogen-bond acceptors (Lipinski definition) is 5. The number of pyridine rings is 1. The number of anilines is 1. The molecule has 5 rings (SSSR count). The van der Waals surface area contributed by atoms with Crippen LogP contribution in [-0.4, -0.2) is 45.7 Å². The fraction of sp³-hybridized carbons (Fsp3) is 0.346. The third kappa shape index (κ3) is 4.13. The molecule has 0 saturated carbocycles. The lowest BCUT2D eigenvalue weighted by Gasteiger charge is -2.25. The van der Waals surface area contributed by atoms with Gasteiger partial charge in [-0.1, -0.05) is 24.3 Å². The Hall–Kier alpha value is -3.19. The second kappa shape index (κ2) is 8.98. The van der Waals surface area contributed by atoms with E-state index in [0.29, 0.717) is 12.1 Å². The zero-order valence-corrected chi connectivity index (χ0v) is 20.2. The Morgan fingerprint density at radius 2 is 1.94 bits per heavy atom. The highest BCUT2D eigenvalue weighted by Crippen LogP contribution is 2.30. The quantitative estimate of drug-likeness (QED) is 0.376. The van der Waals surface area contributed by atoms with E-state index in [9.17, 15) is 4.79 Å². The lowest BCUT2D eigenvalue weighted by Crippen LogP contribution is -2.28. The lowest BCUT2D eigenvalue weighted by atomic mass is 10.1. The minimum Gasteiger partial charge on any atom is -0.371 e. The number of hydrogen-bond donors (Lipinski definition) is 0. The molecule has 0 aliphatic carbocycles. The molecule has 1 aliphatic rings. The van der Waals surface area contributed by atoms with Crippen LogP contribution in [0.15, 0.2) is 54.0 Å². The fourth-order valence-corrected chi connectivity index (χ4v) is 5.25. The molecule has 4 heterocycles. The van der Waals surface area contributed by atoms with Crippen molar-refractivity contribution in [3.63, 3.8) is 0 Å². The van der Waals surface area contributed by atoms with Crippen molar-refractivity contribution in [1.29, 1.82) is 0 Å². The van der Waals surface area contributed by atoms with E-state index >= 15 is 0 Å². The molecule has 0 N–H and O–H groups in total. The number of nitrogens with zero attached hydrogens (tertiary/aromatic N) is 5. The van der Waals surface area contributed by atoms with Crippen LogP contribution in [0.1, 0.15) is 48.7 Å². The van der Waals surface area contributed by atoms with Crippen molar-refractivity contribution >= 4 is 34.0 Å². The highest BCUT2D eigenvalue weighted by Gasteiger charge is 2.23. The third-order valence-corrected chi connectivity index (χ3v) is 7.14. The number of para-hydroxylation sites is 1. The largest absolute Gasteiger partial charge is 0.371 e. The predicted molar refractivity (Wildman–Crippen MR) is 135 cm³/mol. The first-order valence-corrected chi connectivity index (χ1v) is 12.4.